The number of carbonyl (C=O) groups is 3. The van der Waals surface area contributed by atoms with Crippen LogP contribution in [-0.2, 0) is 11.0 Å². The second-order valence-corrected chi connectivity index (χ2v) is 8.26. The molecule has 1 aliphatic carbocycles. The van der Waals surface area contributed by atoms with E-state index in [2.05, 4.69) is 20.9 Å². The third-order valence-corrected chi connectivity index (χ3v) is 5.99. The summed E-state index contributed by atoms with van der Waals surface area (Å²) in [6.45, 7) is 1.18. The molecule has 0 aromatic heterocycles. The molecular formula is C21H27F3N4O4. The van der Waals surface area contributed by atoms with Gasteiger partial charge in [-0.25, -0.2) is 4.79 Å². The van der Waals surface area contributed by atoms with Crippen LogP contribution in [0.5, 0.6) is 0 Å². The molecule has 1 heterocycles. The van der Waals surface area contributed by atoms with Gasteiger partial charge in [0.25, 0.3) is 5.91 Å². The Balaban J connectivity index is 1.40. The number of rotatable bonds is 6. The fourth-order valence-corrected chi connectivity index (χ4v) is 4.37. The number of amides is 3. The van der Waals surface area contributed by atoms with Crippen molar-refractivity contribution in [1.82, 2.24) is 20.9 Å². The number of alkyl halides is 3. The Kier molecular flexibility index (Phi) is 7.60. The Morgan fingerprint density at radius 1 is 1.03 bits per heavy atom. The standard InChI is InChI=1S/C21H27F3N4O4/c22-21(23,24)14-3-1-2-13(10-14)19(30)25-11-18(29)26-16-8-9-28(12-16)17-6-4-15(5-7-17)27-20(31)32/h1-3,10,15-17,27H,4-9,11-12H2,(H,25,30)(H,26,29)(H,31,32)/t15?,16-,17?/m1/s1. The predicted molar refractivity (Wildman–Crippen MR) is 109 cm³/mol. The first-order chi connectivity index (χ1) is 15.1. The molecule has 1 saturated heterocycles. The number of nitrogens with zero attached hydrogens (tertiary/aromatic N) is 1. The van der Waals surface area contributed by atoms with Crippen LogP contribution in [0.2, 0.25) is 0 Å². The fraction of sp³-hybridized carbons (Fsp3) is 0.571. The number of halogens is 3. The fourth-order valence-electron chi connectivity index (χ4n) is 4.37. The summed E-state index contributed by atoms with van der Waals surface area (Å²) in [5, 5.41) is 16.6. The molecule has 32 heavy (non-hydrogen) atoms. The first-order valence-electron chi connectivity index (χ1n) is 10.6. The Bertz CT molecular complexity index is 841. The number of hydrogen-bond acceptors (Lipinski definition) is 4. The lowest BCUT2D eigenvalue weighted by Gasteiger charge is -2.34. The van der Waals surface area contributed by atoms with Gasteiger partial charge in [-0.2, -0.15) is 13.2 Å². The normalized spacial score (nSPS) is 24.0. The van der Waals surface area contributed by atoms with E-state index in [4.69, 9.17) is 5.11 Å². The van der Waals surface area contributed by atoms with Gasteiger partial charge in [-0.15, -0.1) is 0 Å². The molecule has 0 unspecified atom stereocenters. The summed E-state index contributed by atoms with van der Waals surface area (Å²) in [7, 11) is 0. The van der Waals surface area contributed by atoms with Gasteiger partial charge < -0.3 is 21.1 Å². The van der Waals surface area contributed by atoms with Crippen molar-refractivity contribution in [1.29, 1.82) is 0 Å². The van der Waals surface area contributed by atoms with Gasteiger partial charge in [-0.05, 0) is 50.3 Å². The number of likely N-dealkylation sites (tertiary alicyclic amines) is 1. The molecular weight excluding hydrogens is 429 g/mol. The van der Waals surface area contributed by atoms with Crippen molar-refractivity contribution in [2.75, 3.05) is 19.6 Å². The first-order valence-corrected chi connectivity index (χ1v) is 10.6. The molecule has 1 aromatic carbocycles. The minimum atomic E-state index is -4.55. The van der Waals surface area contributed by atoms with Crippen LogP contribution in [0.15, 0.2) is 24.3 Å². The quantitative estimate of drug-likeness (QED) is 0.525. The van der Waals surface area contributed by atoms with Crippen molar-refractivity contribution >= 4 is 17.9 Å². The zero-order chi connectivity index (χ0) is 23.3. The third-order valence-electron chi connectivity index (χ3n) is 5.99. The number of nitrogens with one attached hydrogen (secondary N) is 3. The molecule has 0 bridgehead atoms. The molecule has 8 nitrogen and oxygen atoms in total. The van der Waals surface area contributed by atoms with Gasteiger partial charge in [0, 0.05) is 36.8 Å². The van der Waals surface area contributed by atoms with E-state index in [0.717, 1.165) is 56.8 Å². The highest BCUT2D eigenvalue weighted by Crippen LogP contribution is 2.29. The highest BCUT2D eigenvalue weighted by Gasteiger charge is 2.33. The molecule has 11 heteroatoms. The highest BCUT2D eigenvalue weighted by molar-refractivity contribution is 5.96. The molecule has 2 fully saturated rings. The Labute approximate surface area is 183 Å². The van der Waals surface area contributed by atoms with Gasteiger partial charge in [0.1, 0.15) is 0 Å². The largest absolute Gasteiger partial charge is 0.465 e. The molecule has 0 spiro atoms. The van der Waals surface area contributed by atoms with Gasteiger partial charge in [0.15, 0.2) is 0 Å². The van der Waals surface area contributed by atoms with E-state index in [1.54, 1.807) is 0 Å². The smallest absolute Gasteiger partial charge is 0.416 e. The van der Waals surface area contributed by atoms with Crippen molar-refractivity contribution < 1.29 is 32.7 Å². The van der Waals surface area contributed by atoms with Crippen molar-refractivity contribution in [2.45, 2.75) is 56.4 Å². The van der Waals surface area contributed by atoms with Crippen LogP contribution in [0, 0.1) is 0 Å². The highest BCUT2D eigenvalue weighted by atomic mass is 19.4. The topological polar surface area (TPSA) is 111 Å². The van der Waals surface area contributed by atoms with Crippen LogP contribution >= 0.6 is 0 Å². The number of carboxylic acid groups (broad SMARTS) is 1. The van der Waals surface area contributed by atoms with Gasteiger partial charge in [0.2, 0.25) is 5.91 Å². The lowest BCUT2D eigenvalue weighted by Crippen LogP contribution is -2.45. The van der Waals surface area contributed by atoms with Crippen molar-refractivity contribution in [2.24, 2.45) is 0 Å². The maximum atomic E-state index is 12.8. The molecule has 1 atom stereocenters. The van der Waals surface area contributed by atoms with E-state index in [-0.39, 0.29) is 24.2 Å². The summed E-state index contributed by atoms with van der Waals surface area (Å²) in [5.74, 6) is -1.14. The Hall–Kier alpha value is -2.82. The van der Waals surface area contributed by atoms with Gasteiger partial charge in [-0.3, -0.25) is 14.5 Å². The average Bonchev–Trinajstić information content (AvgIpc) is 3.20. The van der Waals surface area contributed by atoms with Crippen LogP contribution in [0.4, 0.5) is 18.0 Å². The zero-order valence-corrected chi connectivity index (χ0v) is 17.5. The number of carbonyl (C=O) groups excluding carboxylic acids is 2. The molecule has 3 rings (SSSR count). The van der Waals surface area contributed by atoms with E-state index in [0.29, 0.717) is 12.6 Å². The minimum absolute atomic E-state index is 0.0118. The van der Waals surface area contributed by atoms with Crippen molar-refractivity contribution in [3.05, 3.63) is 35.4 Å². The lowest BCUT2D eigenvalue weighted by atomic mass is 9.90. The number of hydrogen-bond donors (Lipinski definition) is 4. The molecule has 1 aromatic rings. The summed E-state index contributed by atoms with van der Waals surface area (Å²) in [6.07, 6.45) is -1.44. The predicted octanol–water partition coefficient (Wildman–Crippen LogP) is 2.20. The summed E-state index contributed by atoms with van der Waals surface area (Å²) in [5.41, 5.74) is -1.08. The second kappa shape index (κ2) is 10.2. The van der Waals surface area contributed by atoms with Crippen LogP contribution < -0.4 is 16.0 Å². The lowest BCUT2D eigenvalue weighted by molar-refractivity contribution is -0.137. The maximum absolute atomic E-state index is 12.8. The van der Waals surface area contributed by atoms with Gasteiger partial charge >= 0.3 is 12.3 Å². The molecule has 1 aliphatic heterocycles. The van der Waals surface area contributed by atoms with Crippen LogP contribution in [0.3, 0.4) is 0 Å². The summed E-state index contributed by atoms with van der Waals surface area (Å²) in [6, 6.07) is 4.32. The molecule has 4 N–H and O–H groups in total. The van der Waals surface area contributed by atoms with E-state index >= 15 is 0 Å². The van der Waals surface area contributed by atoms with Crippen molar-refractivity contribution in [3.63, 3.8) is 0 Å². The van der Waals surface area contributed by atoms with E-state index in [9.17, 15) is 27.6 Å². The molecule has 3 amide bonds. The third kappa shape index (κ3) is 6.59. The SMILES string of the molecule is O=C(O)NC1CCC(N2CC[C@@H](NC(=O)CNC(=O)c3cccc(C(F)(F)F)c3)C2)CC1. The zero-order valence-electron chi connectivity index (χ0n) is 17.5. The molecule has 2 aliphatic rings. The van der Waals surface area contributed by atoms with Crippen LogP contribution in [-0.4, -0.2) is 65.7 Å². The molecule has 176 valence electrons. The Morgan fingerprint density at radius 3 is 2.41 bits per heavy atom. The van der Waals surface area contributed by atoms with E-state index in [1.165, 1.54) is 6.07 Å². The molecule has 1 saturated carbocycles. The summed E-state index contributed by atoms with van der Waals surface area (Å²) >= 11 is 0. The Morgan fingerprint density at radius 2 is 1.75 bits per heavy atom. The van der Waals surface area contributed by atoms with Gasteiger partial charge in [0.05, 0.1) is 12.1 Å². The summed E-state index contributed by atoms with van der Waals surface area (Å²) < 4.78 is 38.3. The first kappa shape index (κ1) is 23.8. The van der Waals surface area contributed by atoms with Crippen molar-refractivity contribution in [3.8, 4) is 0 Å². The maximum Gasteiger partial charge on any atom is 0.416 e. The minimum Gasteiger partial charge on any atom is -0.465 e. The van der Waals surface area contributed by atoms with Crippen LogP contribution in [0.25, 0.3) is 0 Å². The van der Waals surface area contributed by atoms with Gasteiger partial charge in [-0.1, -0.05) is 6.07 Å². The summed E-state index contributed by atoms with van der Waals surface area (Å²) in [4.78, 5) is 37.4. The van der Waals surface area contributed by atoms with E-state index in [1.807, 2.05) is 0 Å². The number of benzene rings is 1. The molecule has 0 radical (unpaired) electrons. The van der Waals surface area contributed by atoms with E-state index < -0.39 is 29.6 Å². The van der Waals surface area contributed by atoms with Crippen LogP contribution in [0.1, 0.15) is 48.0 Å². The monoisotopic (exact) mass is 456 g/mol. The average molecular weight is 456 g/mol. The second-order valence-electron chi connectivity index (χ2n) is 8.26.